The van der Waals surface area contributed by atoms with Crippen LogP contribution in [0, 0.1) is 6.92 Å². The SMILES string of the molecule is CCOCC(N)c1noc(-c2ccc(Br)c(C)c2)n1. The van der Waals surface area contributed by atoms with Crippen molar-refractivity contribution in [2.75, 3.05) is 13.2 Å². The molecule has 5 nitrogen and oxygen atoms in total. The topological polar surface area (TPSA) is 74.2 Å². The minimum absolute atomic E-state index is 0.367. The second kappa shape index (κ2) is 6.27. The van der Waals surface area contributed by atoms with Gasteiger partial charge in [0.25, 0.3) is 5.89 Å². The van der Waals surface area contributed by atoms with Crippen molar-refractivity contribution >= 4 is 15.9 Å². The van der Waals surface area contributed by atoms with E-state index in [-0.39, 0.29) is 6.04 Å². The lowest BCUT2D eigenvalue weighted by Gasteiger charge is -2.05. The maximum absolute atomic E-state index is 5.91. The van der Waals surface area contributed by atoms with Crippen molar-refractivity contribution in [3.05, 3.63) is 34.1 Å². The minimum Gasteiger partial charge on any atom is -0.380 e. The zero-order valence-electron chi connectivity index (χ0n) is 10.9. The molecule has 1 unspecified atom stereocenters. The van der Waals surface area contributed by atoms with Gasteiger partial charge in [0.2, 0.25) is 0 Å². The minimum atomic E-state index is -0.367. The van der Waals surface area contributed by atoms with Crippen LogP contribution in [-0.2, 0) is 4.74 Å². The molecule has 0 saturated heterocycles. The summed E-state index contributed by atoms with van der Waals surface area (Å²) in [6, 6.07) is 5.49. The molecule has 0 bridgehead atoms. The Morgan fingerprint density at radius 2 is 2.26 bits per heavy atom. The number of aryl methyl sites for hydroxylation is 1. The third kappa shape index (κ3) is 3.40. The van der Waals surface area contributed by atoms with E-state index in [2.05, 4.69) is 26.1 Å². The Balaban J connectivity index is 2.18. The van der Waals surface area contributed by atoms with Gasteiger partial charge in [0.05, 0.1) is 12.6 Å². The Morgan fingerprint density at radius 1 is 1.47 bits per heavy atom. The highest BCUT2D eigenvalue weighted by atomic mass is 79.9. The van der Waals surface area contributed by atoms with Crippen LogP contribution in [0.5, 0.6) is 0 Å². The molecular formula is C13H16BrN3O2. The summed E-state index contributed by atoms with van der Waals surface area (Å²) in [5.41, 5.74) is 7.89. The molecule has 19 heavy (non-hydrogen) atoms. The van der Waals surface area contributed by atoms with Gasteiger partial charge in [-0.1, -0.05) is 21.1 Å². The van der Waals surface area contributed by atoms with Gasteiger partial charge < -0.3 is 15.0 Å². The zero-order valence-corrected chi connectivity index (χ0v) is 12.5. The first-order valence-corrected chi connectivity index (χ1v) is 6.84. The average molecular weight is 326 g/mol. The lowest BCUT2D eigenvalue weighted by atomic mass is 10.1. The summed E-state index contributed by atoms with van der Waals surface area (Å²) in [5, 5.41) is 3.89. The van der Waals surface area contributed by atoms with E-state index in [1.807, 2.05) is 32.0 Å². The smallest absolute Gasteiger partial charge is 0.257 e. The van der Waals surface area contributed by atoms with Crippen LogP contribution in [0.15, 0.2) is 27.2 Å². The number of nitrogens with two attached hydrogens (primary N) is 1. The molecule has 0 spiro atoms. The molecule has 0 aliphatic carbocycles. The highest BCUT2D eigenvalue weighted by Crippen LogP contribution is 2.24. The van der Waals surface area contributed by atoms with Gasteiger partial charge in [-0.2, -0.15) is 4.98 Å². The number of nitrogens with zero attached hydrogens (tertiary/aromatic N) is 2. The summed E-state index contributed by atoms with van der Waals surface area (Å²) >= 11 is 3.46. The van der Waals surface area contributed by atoms with Crippen LogP contribution in [0.1, 0.15) is 24.4 Å². The van der Waals surface area contributed by atoms with Gasteiger partial charge >= 0.3 is 0 Å². The number of benzene rings is 1. The molecule has 0 radical (unpaired) electrons. The summed E-state index contributed by atoms with van der Waals surface area (Å²) in [7, 11) is 0. The highest BCUT2D eigenvalue weighted by molar-refractivity contribution is 9.10. The molecule has 0 aliphatic heterocycles. The van der Waals surface area contributed by atoms with E-state index in [1.54, 1.807) is 0 Å². The monoisotopic (exact) mass is 325 g/mol. The first-order valence-electron chi connectivity index (χ1n) is 6.05. The van der Waals surface area contributed by atoms with Crippen LogP contribution in [0.4, 0.5) is 0 Å². The Hall–Kier alpha value is -1.24. The maximum atomic E-state index is 5.91. The van der Waals surface area contributed by atoms with Crippen LogP contribution in [-0.4, -0.2) is 23.4 Å². The fourth-order valence-corrected chi connectivity index (χ4v) is 1.85. The molecule has 1 aromatic heterocycles. The average Bonchev–Trinajstić information content (AvgIpc) is 2.89. The van der Waals surface area contributed by atoms with E-state index in [0.717, 1.165) is 15.6 Å². The van der Waals surface area contributed by atoms with E-state index >= 15 is 0 Å². The van der Waals surface area contributed by atoms with Crippen LogP contribution in [0.2, 0.25) is 0 Å². The Morgan fingerprint density at radius 3 is 2.95 bits per heavy atom. The lowest BCUT2D eigenvalue weighted by molar-refractivity contribution is 0.130. The van der Waals surface area contributed by atoms with Gasteiger partial charge in [-0.25, -0.2) is 0 Å². The van der Waals surface area contributed by atoms with Crippen molar-refractivity contribution in [2.24, 2.45) is 5.73 Å². The lowest BCUT2D eigenvalue weighted by Crippen LogP contribution is -2.18. The quantitative estimate of drug-likeness (QED) is 0.914. The third-order valence-electron chi connectivity index (χ3n) is 2.68. The molecule has 0 fully saturated rings. The molecule has 0 amide bonds. The van der Waals surface area contributed by atoms with Crippen molar-refractivity contribution in [1.82, 2.24) is 10.1 Å². The van der Waals surface area contributed by atoms with Gasteiger partial charge in [0.1, 0.15) is 0 Å². The number of rotatable bonds is 5. The van der Waals surface area contributed by atoms with Crippen molar-refractivity contribution in [1.29, 1.82) is 0 Å². The molecule has 0 saturated carbocycles. The molecule has 6 heteroatoms. The number of halogens is 1. The Kier molecular flexibility index (Phi) is 4.68. The molecule has 102 valence electrons. The third-order valence-corrected chi connectivity index (χ3v) is 3.57. The summed E-state index contributed by atoms with van der Waals surface area (Å²) in [5.74, 6) is 0.932. The van der Waals surface area contributed by atoms with Crippen LogP contribution >= 0.6 is 15.9 Å². The first kappa shape index (κ1) is 14.2. The standard InChI is InChI=1S/C13H16BrN3O2/c1-3-18-7-11(15)12-16-13(19-17-12)9-4-5-10(14)8(2)6-9/h4-6,11H,3,7,15H2,1-2H3. The summed E-state index contributed by atoms with van der Waals surface area (Å²) in [4.78, 5) is 4.31. The van der Waals surface area contributed by atoms with E-state index in [1.165, 1.54) is 0 Å². The molecule has 1 aromatic carbocycles. The van der Waals surface area contributed by atoms with E-state index in [0.29, 0.717) is 24.9 Å². The van der Waals surface area contributed by atoms with Crippen molar-refractivity contribution in [3.63, 3.8) is 0 Å². The Bertz CT molecular complexity index is 557. The van der Waals surface area contributed by atoms with Crippen molar-refractivity contribution < 1.29 is 9.26 Å². The van der Waals surface area contributed by atoms with E-state index in [4.69, 9.17) is 15.0 Å². The van der Waals surface area contributed by atoms with Gasteiger partial charge in [0, 0.05) is 16.6 Å². The number of hydrogen-bond donors (Lipinski definition) is 1. The number of aromatic nitrogens is 2. The fourth-order valence-electron chi connectivity index (χ4n) is 1.60. The zero-order chi connectivity index (χ0) is 13.8. The van der Waals surface area contributed by atoms with Gasteiger partial charge in [-0.15, -0.1) is 0 Å². The molecule has 2 aromatic rings. The molecule has 2 rings (SSSR count). The van der Waals surface area contributed by atoms with E-state index in [9.17, 15) is 0 Å². The molecule has 0 aliphatic rings. The van der Waals surface area contributed by atoms with Gasteiger partial charge in [-0.3, -0.25) is 0 Å². The summed E-state index contributed by atoms with van der Waals surface area (Å²) in [6.45, 7) is 4.92. The molecule has 1 heterocycles. The number of ether oxygens (including phenoxy) is 1. The van der Waals surface area contributed by atoms with Crippen LogP contribution in [0.25, 0.3) is 11.5 Å². The predicted molar refractivity (Wildman–Crippen MR) is 75.6 cm³/mol. The number of hydrogen-bond acceptors (Lipinski definition) is 5. The maximum Gasteiger partial charge on any atom is 0.257 e. The Labute approximate surface area is 120 Å². The highest BCUT2D eigenvalue weighted by Gasteiger charge is 2.15. The first-order chi connectivity index (χ1) is 9.11. The molecule has 1 atom stereocenters. The van der Waals surface area contributed by atoms with Crippen LogP contribution < -0.4 is 5.73 Å². The molecule has 2 N–H and O–H groups in total. The van der Waals surface area contributed by atoms with Crippen molar-refractivity contribution in [2.45, 2.75) is 19.9 Å². The van der Waals surface area contributed by atoms with Gasteiger partial charge in [-0.05, 0) is 37.6 Å². The predicted octanol–water partition coefficient (Wildman–Crippen LogP) is 2.84. The molecular weight excluding hydrogens is 310 g/mol. The van der Waals surface area contributed by atoms with Crippen molar-refractivity contribution in [3.8, 4) is 11.5 Å². The second-order valence-corrected chi connectivity index (χ2v) is 5.04. The summed E-state index contributed by atoms with van der Waals surface area (Å²) in [6.07, 6.45) is 0. The van der Waals surface area contributed by atoms with Crippen LogP contribution in [0.3, 0.4) is 0 Å². The normalized spacial score (nSPS) is 12.6. The summed E-state index contributed by atoms with van der Waals surface area (Å²) < 4.78 is 11.5. The van der Waals surface area contributed by atoms with E-state index < -0.39 is 0 Å². The fraction of sp³-hybridized carbons (Fsp3) is 0.385. The van der Waals surface area contributed by atoms with Gasteiger partial charge in [0.15, 0.2) is 5.82 Å². The largest absolute Gasteiger partial charge is 0.380 e. The second-order valence-electron chi connectivity index (χ2n) is 4.19.